The lowest BCUT2D eigenvalue weighted by molar-refractivity contribution is -0.385. The Labute approximate surface area is 111 Å². The van der Waals surface area contributed by atoms with Crippen LogP contribution in [0.15, 0.2) is 18.2 Å². The average molecular weight is 266 g/mol. The SMILES string of the molecule is CCN1CCOC(O)(c2ccc([N+](=O)[O-])cc2C)C1. The first-order valence-corrected chi connectivity index (χ1v) is 6.30. The molecule has 1 N–H and O–H groups in total. The van der Waals surface area contributed by atoms with E-state index in [1.54, 1.807) is 13.0 Å². The van der Waals surface area contributed by atoms with E-state index in [2.05, 4.69) is 4.90 Å². The fraction of sp³-hybridized carbons (Fsp3) is 0.538. The van der Waals surface area contributed by atoms with Crippen molar-refractivity contribution in [2.45, 2.75) is 19.6 Å². The van der Waals surface area contributed by atoms with Crippen molar-refractivity contribution in [1.82, 2.24) is 4.90 Å². The van der Waals surface area contributed by atoms with E-state index in [0.717, 1.165) is 13.1 Å². The molecule has 0 aliphatic carbocycles. The highest BCUT2D eigenvalue weighted by Crippen LogP contribution is 2.31. The van der Waals surface area contributed by atoms with Crippen LogP contribution in [0.25, 0.3) is 0 Å². The molecule has 1 saturated heterocycles. The van der Waals surface area contributed by atoms with E-state index in [0.29, 0.717) is 24.3 Å². The highest BCUT2D eigenvalue weighted by Gasteiger charge is 2.37. The molecule has 1 aliphatic rings. The second kappa shape index (κ2) is 5.24. The molecule has 0 spiro atoms. The van der Waals surface area contributed by atoms with Crippen LogP contribution in [-0.4, -0.2) is 41.2 Å². The Hall–Kier alpha value is -1.50. The molecule has 0 amide bonds. The van der Waals surface area contributed by atoms with Gasteiger partial charge in [-0.1, -0.05) is 6.92 Å². The van der Waals surface area contributed by atoms with Gasteiger partial charge in [-0.15, -0.1) is 0 Å². The van der Waals surface area contributed by atoms with Gasteiger partial charge in [0, 0.05) is 24.2 Å². The second-order valence-corrected chi connectivity index (χ2v) is 4.76. The molecule has 1 unspecified atom stereocenters. The third-order valence-corrected chi connectivity index (χ3v) is 3.48. The van der Waals surface area contributed by atoms with E-state index < -0.39 is 10.7 Å². The van der Waals surface area contributed by atoms with Crippen molar-refractivity contribution in [3.63, 3.8) is 0 Å². The first kappa shape index (κ1) is 13.9. The highest BCUT2D eigenvalue weighted by molar-refractivity contribution is 5.41. The summed E-state index contributed by atoms with van der Waals surface area (Å²) in [6.45, 7) is 6.20. The maximum atomic E-state index is 10.7. The number of likely N-dealkylation sites (N-methyl/N-ethyl adjacent to an activating group) is 1. The maximum absolute atomic E-state index is 10.7. The summed E-state index contributed by atoms with van der Waals surface area (Å²) >= 11 is 0. The fourth-order valence-electron chi connectivity index (χ4n) is 2.40. The van der Waals surface area contributed by atoms with Crippen molar-refractivity contribution in [2.24, 2.45) is 0 Å². The molecule has 19 heavy (non-hydrogen) atoms. The van der Waals surface area contributed by atoms with Crippen molar-refractivity contribution >= 4 is 5.69 Å². The molecule has 0 aromatic heterocycles. The molecule has 104 valence electrons. The maximum Gasteiger partial charge on any atom is 0.269 e. The van der Waals surface area contributed by atoms with Gasteiger partial charge < -0.3 is 9.84 Å². The third-order valence-electron chi connectivity index (χ3n) is 3.48. The lowest BCUT2D eigenvalue weighted by Gasteiger charge is -2.39. The summed E-state index contributed by atoms with van der Waals surface area (Å²) in [5, 5.41) is 21.3. The van der Waals surface area contributed by atoms with Crippen LogP contribution >= 0.6 is 0 Å². The second-order valence-electron chi connectivity index (χ2n) is 4.76. The minimum atomic E-state index is -1.38. The Morgan fingerprint density at radius 3 is 2.89 bits per heavy atom. The molecule has 0 bridgehead atoms. The molecule has 1 fully saturated rings. The zero-order valence-corrected chi connectivity index (χ0v) is 11.1. The van der Waals surface area contributed by atoms with Crippen LogP contribution in [0.2, 0.25) is 0 Å². The largest absolute Gasteiger partial charge is 0.361 e. The first-order valence-electron chi connectivity index (χ1n) is 6.30. The van der Waals surface area contributed by atoms with Gasteiger partial charge in [0.05, 0.1) is 18.1 Å². The van der Waals surface area contributed by atoms with Gasteiger partial charge in [0.2, 0.25) is 5.79 Å². The van der Waals surface area contributed by atoms with Gasteiger partial charge in [-0.05, 0) is 25.1 Å². The molecule has 6 nitrogen and oxygen atoms in total. The number of ether oxygens (including phenoxy) is 1. The number of nitrogens with zero attached hydrogens (tertiary/aromatic N) is 2. The number of aliphatic hydroxyl groups is 1. The van der Waals surface area contributed by atoms with E-state index in [1.165, 1.54) is 12.1 Å². The number of rotatable bonds is 3. The van der Waals surface area contributed by atoms with E-state index in [-0.39, 0.29) is 5.69 Å². The van der Waals surface area contributed by atoms with E-state index in [4.69, 9.17) is 4.74 Å². The molecule has 2 rings (SSSR count). The Bertz CT molecular complexity index is 492. The summed E-state index contributed by atoms with van der Waals surface area (Å²) in [6.07, 6.45) is 0. The Morgan fingerprint density at radius 2 is 2.32 bits per heavy atom. The van der Waals surface area contributed by atoms with Gasteiger partial charge in [0.25, 0.3) is 5.69 Å². The number of aryl methyl sites for hydroxylation is 1. The van der Waals surface area contributed by atoms with Crippen LogP contribution in [0.1, 0.15) is 18.1 Å². The van der Waals surface area contributed by atoms with Gasteiger partial charge in [-0.3, -0.25) is 15.0 Å². The number of nitro benzene ring substituents is 1. The third kappa shape index (κ3) is 2.75. The topological polar surface area (TPSA) is 75.8 Å². The molecule has 1 aliphatic heterocycles. The lowest BCUT2D eigenvalue weighted by Crippen LogP contribution is -2.50. The molecular weight excluding hydrogens is 248 g/mol. The predicted molar refractivity (Wildman–Crippen MR) is 69.8 cm³/mol. The quantitative estimate of drug-likeness (QED) is 0.661. The Morgan fingerprint density at radius 1 is 1.58 bits per heavy atom. The summed E-state index contributed by atoms with van der Waals surface area (Å²) in [6, 6.07) is 4.43. The number of hydrogen-bond acceptors (Lipinski definition) is 5. The number of hydrogen-bond donors (Lipinski definition) is 1. The van der Waals surface area contributed by atoms with Crippen LogP contribution in [0.3, 0.4) is 0 Å². The standard InChI is InChI=1S/C13H18N2O4/c1-3-14-6-7-19-13(16,9-14)12-5-4-11(15(17)18)8-10(12)2/h4-5,8,16H,3,6-7,9H2,1-2H3. The van der Waals surface area contributed by atoms with E-state index >= 15 is 0 Å². The molecule has 6 heteroatoms. The zero-order valence-electron chi connectivity index (χ0n) is 11.1. The molecule has 1 aromatic rings. The summed E-state index contributed by atoms with van der Waals surface area (Å²) in [5.74, 6) is -1.38. The summed E-state index contributed by atoms with van der Waals surface area (Å²) in [5.41, 5.74) is 1.28. The summed E-state index contributed by atoms with van der Waals surface area (Å²) in [7, 11) is 0. The number of nitro groups is 1. The smallest absolute Gasteiger partial charge is 0.269 e. The van der Waals surface area contributed by atoms with Crippen molar-refractivity contribution in [2.75, 3.05) is 26.2 Å². The van der Waals surface area contributed by atoms with Crippen LogP contribution in [0.5, 0.6) is 0 Å². The van der Waals surface area contributed by atoms with Crippen LogP contribution in [0.4, 0.5) is 5.69 Å². The summed E-state index contributed by atoms with van der Waals surface area (Å²) < 4.78 is 5.51. The van der Waals surface area contributed by atoms with Gasteiger partial charge in [-0.25, -0.2) is 0 Å². The molecule has 0 radical (unpaired) electrons. The molecule has 1 heterocycles. The van der Waals surface area contributed by atoms with Gasteiger partial charge in [0.15, 0.2) is 0 Å². The Kier molecular flexibility index (Phi) is 3.84. The van der Waals surface area contributed by atoms with Crippen LogP contribution in [0, 0.1) is 17.0 Å². The lowest BCUT2D eigenvalue weighted by atomic mass is 9.98. The molecule has 1 aromatic carbocycles. The predicted octanol–water partition coefficient (Wildman–Crippen LogP) is 1.40. The van der Waals surface area contributed by atoms with Crippen molar-refractivity contribution in [3.8, 4) is 0 Å². The number of non-ortho nitro benzene ring substituents is 1. The van der Waals surface area contributed by atoms with Gasteiger partial charge >= 0.3 is 0 Å². The minimum absolute atomic E-state index is 0.0213. The number of benzene rings is 1. The zero-order chi connectivity index (χ0) is 14.0. The van der Waals surface area contributed by atoms with Crippen LogP contribution in [-0.2, 0) is 10.5 Å². The highest BCUT2D eigenvalue weighted by atomic mass is 16.6. The van der Waals surface area contributed by atoms with Crippen LogP contribution < -0.4 is 0 Å². The minimum Gasteiger partial charge on any atom is -0.361 e. The van der Waals surface area contributed by atoms with Gasteiger partial charge in [-0.2, -0.15) is 0 Å². The van der Waals surface area contributed by atoms with Crippen molar-refractivity contribution in [3.05, 3.63) is 39.4 Å². The fourth-order valence-corrected chi connectivity index (χ4v) is 2.40. The Balaban J connectivity index is 2.32. The first-order chi connectivity index (χ1) is 8.96. The van der Waals surface area contributed by atoms with Gasteiger partial charge in [0.1, 0.15) is 0 Å². The monoisotopic (exact) mass is 266 g/mol. The normalized spacial score (nSPS) is 24.4. The molecular formula is C13H18N2O4. The average Bonchev–Trinajstić information content (AvgIpc) is 2.38. The number of morpholine rings is 1. The number of β-amino-alcohol motifs (C(OH)–C–C–N with tert-alkyl or cyclic N) is 1. The summed E-state index contributed by atoms with van der Waals surface area (Å²) in [4.78, 5) is 12.4. The molecule has 1 atom stereocenters. The van der Waals surface area contributed by atoms with E-state index in [9.17, 15) is 15.2 Å². The van der Waals surface area contributed by atoms with Crippen molar-refractivity contribution < 1.29 is 14.8 Å². The van der Waals surface area contributed by atoms with E-state index in [1.807, 2.05) is 6.92 Å². The molecule has 0 saturated carbocycles. The van der Waals surface area contributed by atoms with Crippen molar-refractivity contribution in [1.29, 1.82) is 0 Å².